The van der Waals surface area contributed by atoms with Crippen molar-refractivity contribution in [2.24, 2.45) is 0 Å². The predicted octanol–water partition coefficient (Wildman–Crippen LogP) is 5.15. The summed E-state index contributed by atoms with van der Waals surface area (Å²) < 4.78 is 2.42. The van der Waals surface area contributed by atoms with Crippen LogP contribution in [0.25, 0.3) is 6.08 Å². The zero-order valence-electron chi connectivity index (χ0n) is 15.5. The number of allylic oxidation sites excluding steroid dienone is 1. The quantitative estimate of drug-likeness (QED) is 0.426. The fourth-order valence-corrected chi connectivity index (χ4v) is 3.06. The molecular weight excluding hydrogens is 292 g/mol. The topological polar surface area (TPSA) is 6.25 Å². The van der Waals surface area contributed by atoms with Crippen LogP contribution < -0.4 is 4.90 Å². The number of hydrogen-bond donors (Lipinski definition) is 0. The van der Waals surface area contributed by atoms with Gasteiger partial charge in [0.25, 0.3) is 0 Å². The van der Waals surface area contributed by atoms with Crippen molar-refractivity contribution >= 4 is 18.0 Å². The third-order valence-electron chi connectivity index (χ3n) is 4.62. The Hall–Kier alpha value is -1.83. The molecule has 0 spiro atoms. The number of rotatable bonds is 10. The molecule has 2 rings (SSSR count). The molecule has 0 fully saturated rings. The van der Waals surface area contributed by atoms with E-state index >= 15 is 0 Å². The third kappa shape index (κ3) is 6.74. The third-order valence-corrected chi connectivity index (χ3v) is 4.62. The first-order valence-electron chi connectivity index (χ1n) is 9.36. The van der Waals surface area contributed by atoms with Gasteiger partial charge in [0.15, 0.2) is 6.21 Å². The normalized spacial score (nSPS) is 14.4. The Morgan fingerprint density at radius 3 is 2.42 bits per heavy atom. The average Bonchev–Trinajstić information content (AvgIpc) is 2.99. The van der Waals surface area contributed by atoms with Crippen molar-refractivity contribution in [3.63, 3.8) is 0 Å². The molecule has 0 radical (unpaired) electrons. The second-order valence-electron chi connectivity index (χ2n) is 7.02. The van der Waals surface area contributed by atoms with E-state index in [1.807, 2.05) is 0 Å². The maximum Gasteiger partial charge on any atom is 0.166 e. The van der Waals surface area contributed by atoms with E-state index in [-0.39, 0.29) is 0 Å². The fourth-order valence-electron chi connectivity index (χ4n) is 3.06. The van der Waals surface area contributed by atoms with Gasteiger partial charge in [0.1, 0.15) is 13.1 Å². The van der Waals surface area contributed by atoms with Gasteiger partial charge < -0.3 is 4.90 Å². The molecule has 1 aliphatic heterocycles. The number of anilines is 1. The highest BCUT2D eigenvalue weighted by Gasteiger charge is 2.12. The van der Waals surface area contributed by atoms with E-state index in [4.69, 9.17) is 0 Å². The van der Waals surface area contributed by atoms with Crippen molar-refractivity contribution in [3.8, 4) is 0 Å². The van der Waals surface area contributed by atoms with E-state index in [1.54, 1.807) is 0 Å². The summed E-state index contributed by atoms with van der Waals surface area (Å²) in [4.78, 5) is 2.13. The van der Waals surface area contributed by atoms with Crippen molar-refractivity contribution < 1.29 is 4.58 Å². The van der Waals surface area contributed by atoms with Crippen LogP contribution in [0, 0.1) is 0 Å². The van der Waals surface area contributed by atoms with Crippen LogP contribution in [-0.4, -0.2) is 38.0 Å². The van der Waals surface area contributed by atoms with E-state index in [1.165, 1.54) is 68.4 Å². The molecule has 24 heavy (non-hydrogen) atoms. The Morgan fingerprint density at radius 1 is 1.04 bits per heavy atom. The average molecular weight is 326 g/mol. The van der Waals surface area contributed by atoms with Crippen LogP contribution in [0.15, 0.2) is 42.5 Å². The molecule has 1 aromatic carbocycles. The van der Waals surface area contributed by atoms with E-state index in [0.29, 0.717) is 0 Å². The summed E-state index contributed by atoms with van der Waals surface area (Å²) in [5, 5.41) is 0. The molecule has 130 valence electrons. The molecule has 0 amide bonds. The van der Waals surface area contributed by atoms with Gasteiger partial charge in [-0.25, -0.2) is 4.58 Å². The van der Waals surface area contributed by atoms with Crippen LogP contribution in [0.5, 0.6) is 0 Å². The molecule has 1 aromatic rings. The molecule has 0 atom stereocenters. The van der Waals surface area contributed by atoms with Crippen molar-refractivity contribution in [2.45, 2.75) is 44.9 Å². The van der Waals surface area contributed by atoms with Gasteiger partial charge in [-0.2, -0.15) is 0 Å². The summed E-state index contributed by atoms with van der Waals surface area (Å²) in [6.07, 6.45) is 15.8. The summed E-state index contributed by atoms with van der Waals surface area (Å²) in [7, 11) is 4.15. The lowest BCUT2D eigenvalue weighted by Gasteiger charge is -2.11. The molecule has 1 heterocycles. The number of benzene rings is 1. The standard InChI is InChI=1S/C22H33N2/c1-20-16-18-24(19-20)17-10-8-6-4-5-7-9-11-21-12-14-22(15-13-21)23(2)3/h9,11-15,19H,1,4-8,10,16-18H2,2-3H3/q+1. The van der Waals surface area contributed by atoms with Gasteiger partial charge >= 0.3 is 0 Å². The Kier molecular flexibility index (Phi) is 7.81. The summed E-state index contributed by atoms with van der Waals surface area (Å²) in [6.45, 7) is 6.41. The molecule has 2 heteroatoms. The highest BCUT2D eigenvalue weighted by Crippen LogP contribution is 2.14. The lowest BCUT2D eigenvalue weighted by molar-refractivity contribution is -0.516. The van der Waals surface area contributed by atoms with Crippen LogP contribution in [0.3, 0.4) is 0 Å². The molecule has 0 saturated heterocycles. The zero-order chi connectivity index (χ0) is 17.2. The van der Waals surface area contributed by atoms with Crippen molar-refractivity contribution in [3.05, 3.63) is 48.1 Å². The summed E-state index contributed by atoms with van der Waals surface area (Å²) in [5.74, 6) is 0. The zero-order valence-corrected chi connectivity index (χ0v) is 15.5. The second-order valence-corrected chi connectivity index (χ2v) is 7.02. The molecule has 0 saturated carbocycles. The Bertz CT molecular complexity index is 564. The SMILES string of the molecule is C=C1C=[N+](CCCCCCCC=Cc2ccc(N(C)C)cc2)CC1. The molecular formula is C22H33N2+. The molecule has 0 N–H and O–H groups in total. The highest BCUT2D eigenvalue weighted by atomic mass is 15.1. The van der Waals surface area contributed by atoms with Gasteiger partial charge in [0, 0.05) is 38.2 Å². The van der Waals surface area contributed by atoms with E-state index in [9.17, 15) is 0 Å². The largest absolute Gasteiger partial charge is 0.378 e. The van der Waals surface area contributed by atoms with E-state index in [2.05, 4.69) is 72.8 Å². The lowest BCUT2D eigenvalue weighted by Crippen LogP contribution is -2.10. The first-order valence-corrected chi connectivity index (χ1v) is 9.36. The molecule has 0 aliphatic carbocycles. The number of hydrogen-bond acceptors (Lipinski definition) is 1. The van der Waals surface area contributed by atoms with Crippen LogP contribution in [-0.2, 0) is 0 Å². The van der Waals surface area contributed by atoms with Gasteiger partial charge in [-0.15, -0.1) is 0 Å². The summed E-state index contributed by atoms with van der Waals surface area (Å²) >= 11 is 0. The minimum Gasteiger partial charge on any atom is -0.378 e. The number of unbranched alkanes of at least 4 members (excludes halogenated alkanes) is 5. The van der Waals surface area contributed by atoms with Crippen LogP contribution in [0.2, 0.25) is 0 Å². The Morgan fingerprint density at radius 2 is 1.75 bits per heavy atom. The van der Waals surface area contributed by atoms with Crippen molar-refractivity contribution in [1.82, 2.24) is 0 Å². The molecule has 2 nitrogen and oxygen atoms in total. The maximum absolute atomic E-state index is 4.02. The van der Waals surface area contributed by atoms with Crippen LogP contribution in [0.4, 0.5) is 5.69 Å². The van der Waals surface area contributed by atoms with Gasteiger partial charge in [-0.1, -0.05) is 43.7 Å². The molecule has 0 unspecified atom stereocenters. The minimum absolute atomic E-state index is 1.16. The highest BCUT2D eigenvalue weighted by molar-refractivity contribution is 5.74. The number of nitrogens with zero attached hydrogens (tertiary/aromatic N) is 2. The van der Waals surface area contributed by atoms with Crippen LogP contribution >= 0.6 is 0 Å². The van der Waals surface area contributed by atoms with Gasteiger partial charge in [-0.05, 0) is 37.0 Å². The first-order chi connectivity index (χ1) is 11.6. The fraction of sp³-hybridized carbons (Fsp3) is 0.500. The smallest absolute Gasteiger partial charge is 0.166 e. The lowest BCUT2D eigenvalue weighted by atomic mass is 10.1. The molecule has 0 aromatic heterocycles. The second kappa shape index (κ2) is 10.1. The maximum atomic E-state index is 4.02. The van der Waals surface area contributed by atoms with Gasteiger partial charge in [-0.3, -0.25) is 0 Å². The van der Waals surface area contributed by atoms with Gasteiger partial charge in [0.05, 0.1) is 0 Å². The predicted molar refractivity (Wildman–Crippen MR) is 107 cm³/mol. The van der Waals surface area contributed by atoms with Crippen LogP contribution in [0.1, 0.15) is 50.5 Å². The van der Waals surface area contributed by atoms with Gasteiger partial charge in [0.2, 0.25) is 0 Å². The molecule has 0 bridgehead atoms. The summed E-state index contributed by atoms with van der Waals surface area (Å²) in [6, 6.07) is 8.73. The Balaban J connectivity index is 1.50. The Labute approximate surface area is 148 Å². The van der Waals surface area contributed by atoms with E-state index < -0.39 is 0 Å². The summed E-state index contributed by atoms with van der Waals surface area (Å²) in [5.41, 5.74) is 3.84. The van der Waals surface area contributed by atoms with E-state index in [0.717, 1.165) is 6.42 Å². The van der Waals surface area contributed by atoms with Crippen molar-refractivity contribution in [1.29, 1.82) is 0 Å². The minimum atomic E-state index is 1.16. The first kappa shape index (κ1) is 18.5. The van der Waals surface area contributed by atoms with Crippen molar-refractivity contribution in [2.75, 3.05) is 32.1 Å². The molecule has 1 aliphatic rings. The monoisotopic (exact) mass is 325 g/mol.